The molecule has 1 saturated carbocycles. The maximum Gasteiger partial charge on any atom is 0.407 e. The van der Waals surface area contributed by atoms with Crippen LogP contribution in [0.15, 0.2) is 35.5 Å². The molecule has 0 radical (unpaired) electrons. The molecular formula is C19H25NO4. The van der Waals surface area contributed by atoms with E-state index in [4.69, 9.17) is 9.47 Å². The van der Waals surface area contributed by atoms with Gasteiger partial charge in [-0.15, -0.1) is 0 Å². The highest BCUT2D eigenvalue weighted by Crippen LogP contribution is 2.34. The number of fused-ring (bicyclic) bond motifs is 1. The van der Waals surface area contributed by atoms with Crippen molar-refractivity contribution in [1.82, 2.24) is 5.32 Å². The van der Waals surface area contributed by atoms with Gasteiger partial charge in [-0.05, 0) is 57.1 Å². The molecule has 1 aliphatic heterocycles. The fourth-order valence-corrected chi connectivity index (χ4v) is 3.16. The molecule has 0 aromatic rings. The van der Waals surface area contributed by atoms with E-state index in [0.717, 1.165) is 44.1 Å². The number of carbonyl (C=O) groups is 2. The fourth-order valence-electron chi connectivity index (χ4n) is 3.16. The third-order valence-corrected chi connectivity index (χ3v) is 4.83. The molecule has 2 aliphatic carbocycles. The number of carbonyl (C=O) groups excluding carboxylic acids is 2. The lowest BCUT2D eigenvalue weighted by atomic mass is 9.88. The van der Waals surface area contributed by atoms with E-state index < -0.39 is 0 Å². The summed E-state index contributed by atoms with van der Waals surface area (Å²) in [6.45, 7) is 6.25. The number of amides is 1. The molecule has 1 saturated heterocycles. The summed E-state index contributed by atoms with van der Waals surface area (Å²) in [6.07, 6.45) is 9.12. The van der Waals surface area contributed by atoms with Crippen LogP contribution in [0, 0.1) is 5.92 Å². The van der Waals surface area contributed by atoms with Gasteiger partial charge in [-0.1, -0.05) is 18.2 Å². The molecular weight excluding hydrogens is 306 g/mol. The van der Waals surface area contributed by atoms with Gasteiger partial charge in [0, 0.05) is 17.5 Å². The molecule has 2 atom stereocenters. The van der Waals surface area contributed by atoms with Crippen LogP contribution in [0.2, 0.25) is 0 Å². The predicted molar refractivity (Wildman–Crippen MR) is 90.3 cm³/mol. The summed E-state index contributed by atoms with van der Waals surface area (Å²) in [5, 5.41) is 2.82. The van der Waals surface area contributed by atoms with Gasteiger partial charge >= 0.3 is 12.1 Å². The molecule has 1 heterocycles. The van der Waals surface area contributed by atoms with Crippen LogP contribution < -0.4 is 5.32 Å². The first-order valence-corrected chi connectivity index (χ1v) is 8.71. The average molecular weight is 331 g/mol. The molecule has 3 aliphatic rings. The summed E-state index contributed by atoms with van der Waals surface area (Å²) in [5.41, 5.74) is 2.86. The highest BCUT2D eigenvalue weighted by Gasteiger charge is 2.37. The Morgan fingerprint density at radius 3 is 2.92 bits per heavy atom. The summed E-state index contributed by atoms with van der Waals surface area (Å²) in [7, 11) is 0. The monoisotopic (exact) mass is 331 g/mol. The van der Waals surface area contributed by atoms with Gasteiger partial charge in [0.2, 0.25) is 0 Å². The van der Waals surface area contributed by atoms with Gasteiger partial charge < -0.3 is 14.8 Å². The Kier molecular flexibility index (Phi) is 5.07. The summed E-state index contributed by atoms with van der Waals surface area (Å²) < 4.78 is 10.8. The van der Waals surface area contributed by atoms with E-state index in [-0.39, 0.29) is 24.1 Å². The molecule has 2 fully saturated rings. The fraction of sp³-hybridized carbons (Fsp3) is 0.579. The Balaban J connectivity index is 1.61. The smallest absolute Gasteiger partial charge is 0.407 e. The molecule has 1 amide bonds. The molecule has 0 aromatic carbocycles. The van der Waals surface area contributed by atoms with E-state index in [2.05, 4.69) is 31.0 Å². The van der Waals surface area contributed by atoms with Crippen molar-refractivity contribution in [3.63, 3.8) is 0 Å². The number of allylic oxidation sites excluding steroid dienone is 2. The standard InChI is InChI=1S/C19H25NO4/c1-12-4-3-5-14(11-23-19(22)20-15-7-8-15)6-9-16-13(2)18(21)24-17(16)10-12/h5,10,15-17H,2-4,6-9,11H2,1H3,(H,20,22)/b12-10+,14-5+/t16-,17+/m0/s1. The van der Waals surface area contributed by atoms with E-state index >= 15 is 0 Å². The van der Waals surface area contributed by atoms with Crippen molar-refractivity contribution < 1.29 is 19.1 Å². The van der Waals surface area contributed by atoms with Crippen molar-refractivity contribution in [2.75, 3.05) is 6.61 Å². The first-order chi connectivity index (χ1) is 11.5. The van der Waals surface area contributed by atoms with Crippen molar-refractivity contribution in [3.05, 3.63) is 35.5 Å². The Morgan fingerprint density at radius 1 is 1.38 bits per heavy atom. The maximum absolute atomic E-state index is 11.8. The Labute approximate surface area is 142 Å². The minimum atomic E-state index is -0.340. The van der Waals surface area contributed by atoms with Gasteiger partial charge in [0.05, 0.1) is 0 Å². The van der Waals surface area contributed by atoms with Gasteiger partial charge in [0.15, 0.2) is 0 Å². The second-order valence-corrected chi connectivity index (χ2v) is 6.95. The molecule has 1 N–H and O–H groups in total. The van der Waals surface area contributed by atoms with Crippen LogP contribution >= 0.6 is 0 Å². The normalized spacial score (nSPS) is 31.9. The predicted octanol–water partition coefficient (Wildman–Crippen LogP) is 3.42. The van der Waals surface area contributed by atoms with Crippen LogP contribution in [0.1, 0.15) is 45.4 Å². The number of alkyl carbamates (subject to hydrolysis) is 1. The van der Waals surface area contributed by atoms with Crippen molar-refractivity contribution in [3.8, 4) is 0 Å². The van der Waals surface area contributed by atoms with Crippen LogP contribution in [-0.4, -0.2) is 30.8 Å². The molecule has 5 heteroatoms. The zero-order chi connectivity index (χ0) is 17.1. The molecule has 3 rings (SSSR count). The van der Waals surface area contributed by atoms with E-state index in [1.807, 2.05) is 0 Å². The van der Waals surface area contributed by atoms with Crippen molar-refractivity contribution in [2.24, 2.45) is 5.92 Å². The average Bonchev–Trinajstić information content (AvgIpc) is 3.30. The maximum atomic E-state index is 11.8. The number of ether oxygens (including phenoxy) is 2. The number of hydrogen-bond acceptors (Lipinski definition) is 4. The van der Waals surface area contributed by atoms with Gasteiger partial charge in [0.1, 0.15) is 12.7 Å². The van der Waals surface area contributed by atoms with Crippen LogP contribution in [-0.2, 0) is 14.3 Å². The Morgan fingerprint density at radius 2 is 2.17 bits per heavy atom. The van der Waals surface area contributed by atoms with E-state index in [1.165, 1.54) is 5.57 Å². The molecule has 0 bridgehead atoms. The third-order valence-electron chi connectivity index (χ3n) is 4.83. The van der Waals surface area contributed by atoms with E-state index in [1.54, 1.807) is 0 Å². The van der Waals surface area contributed by atoms with Crippen LogP contribution in [0.3, 0.4) is 0 Å². The van der Waals surface area contributed by atoms with Crippen molar-refractivity contribution >= 4 is 12.1 Å². The minimum absolute atomic E-state index is 0.00856. The molecule has 130 valence electrons. The molecule has 0 aromatic heterocycles. The van der Waals surface area contributed by atoms with Crippen molar-refractivity contribution in [1.29, 1.82) is 0 Å². The number of esters is 1. The topological polar surface area (TPSA) is 64.6 Å². The van der Waals surface area contributed by atoms with E-state index in [0.29, 0.717) is 18.2 Å². The van der Waals surface area contributed by atoms with Gasteiger partial charge in [-0.3, -0.25) is 0 Å². The lowest BCUT2D eigenvalue weighted by molar-refractivity contribution is -0.137. The highest BCUT2D eigenvalue weighted by atomic mass is 16.6. The Bertz CT molecular complexity index is 600. The number of rotatable bonds is 3. The molecule has 5 nitrogen and oxygen atoms in total. The summed E-state index contributed by atoms with van der Waals surface area (Å²) in [4.78, 5) is 23.5. The lowest BCUT2D eigenvalue weighted by Gasteiger charge is -2.18. The van der Waals surface area contributed by atoms with Gasteiger partial charge in [-0.25, -0.2) is 9.59 Å². The minimum Gasteiger partial charge on any atom is -0.454 e. The van der Waals surface area contributed by atoms with Crippen LogP contribution in [0.4, 0.5) is 4.79 Å². The largest absolute Gasteiger partial charge is 0.454 e. The molecule has 0 unspecified atom stereocenters. The summed E-state index contributed by atoms with van der Waals surface area (Å²) in [5.74, 6) is -0.284. The SMILES string of the molecule is C=C1C(=O)O[C@@H]2/C=C(\C)CC/C=C(/COC(=O)NC3CC3)CC[C@@H]12. The molecule has 24 heavy (non-hydrogen) atoms. The highest BCUT2D eigenvalue weighted by molar-refractivity contribution is 5.91. The Hall–Kier alpha value is -2.04. The quantitative estimate of drug-likeness (QED) is 0.489. The lowest BCUT2D eigenvalue weighted by Crippen LogP contribution is -2.27. The summed E-state index contributed by atoms with van der Waals surface area (Å²) in [6, 6.07) is 0.300. The van der Waals surface area contributed by atoms with Crippen molar-refractivity contribution in [2.45, 2.75) is 57.6 Å². The zero-order valence-corrected chi connectivity index (χ0v) is 14.2. The number of hydrogen-bond donors (Lipinski definition) is 1. The zero-order valence-electron chi connectivity index (χ0n) is 14.2. The van der Waals surface area contributed by atoms with E-state index in [9.17, 15) is 9.59 Å². The number of nitrogens with one attached hydrogen (secondary N) is 1. The van der Waals surface area contributed by atoms with Crippen LogP contribution in [0.25, 0.3) is 0 Å². The first kappa shape index (κ1) is 16.8. The summed E-state index contributed by atoms with van der Waals surface area (Å²) >= 11 is 0. The molecule has 0 spiro atoms. The first-order valence-electron chi connectivity index (χ1n) is 8.71. The second kappa shape index (κ2) is 7.24. The van der Waals surface area contributed by atoms with Crippen LogP contribution in [0.5, 0.6) is 0 Å². The van der Waals surface area contributed by atoms with Gasteiger partial charge in [-0.2, -0.15) is 0 Å². The second-order valence-electron chi connectivity index (χ2n) is 6.95. The van der Waals surface area contributed by atoms with Gasteiger partial charge in [0.25, 0.3) is 0 Å². The third kappa shape index (κ3) is 4.28.